The van der Waals surface area contributed by atoms with Crippen molar-refractivity contribution in [2.45, 2.75) is 12.6 Å². The zero-order chi connectivity index (χ0) is 26.1. The third kappa shape index (κ3) is 5.87. The number of hydrogen-bond donors (Lipinski definition) is 3. The van der Waals surface area contributed by atoms with E-state index in [0.29, 0.717) is 22.9 Å². The third-order valence-corrected chi connectivity index (χ3v) is 5.13. The molecule has 2 amide bonds. The van der Waals surface area contributed by atoms with Crippen LogP contribution in [0, 0.1) is 5.41 Å². The summed E-state index contributed by atoms with van der Waals surface area (Å²) in [5, 5.41) is 20.9. The molecule has 13 nitrogen and oxygen atoms in total. The van der Waals surface area contributed by atoms with Gasteiger partial charge in [-0.2, -0.15) is 0 Å². The third-order valence-electron chi connectivity index (χ3n) is 5.13. The highest BCUT2D eigenvalue weighted by Gasteiger charge is 2.21. The fourth-order valence-electron chi connectivity index (χ4n) is 3.30. The molecule has 3 rings (SSSR count). The zero-order valence-electron chi connectivity index (χ0n) is 20.3. The minimum absolute atomic E-state index is 0.0659. The van der Waals surface area contributed by atoms with Crippen LogP contribution in [-0.2, 0) is 6.54 Å². The summed E-state index contributed by atoms with van der Waals surface area (Å²) in [5.41, 5.74) is 0.954. The topological polar surface area (TPSA) is 163 Å². The SMILES string of the molecule is COc1ccc(C(C=N)NC(=O)c2cn(CCNC(=O)c3ccc(OC)c(OC)c3OC)nn2)cn1. The maximum Gasteiger partial charge on any atom is 0.274 e. The van der Waals surface area contributed by atoms with Crippen LogP contribution in [0.4, 0.5) is 0 Å². The molecule has 0 fully saturated rings. The Morgan fingerprint density at radius 2 is 1.81 bits per heavy atom. The Morgan fingerprint density at radius 3 is 2.42 bits per heavy atom. The largest absolute Gasteiger partial charge is 0.493 e. The Morgan fingerprint density at radius 1 is 1.03 bits per heavy atom. The van der Waals surface area contributed by atoms with Gasteiger partial charge in [0.25, 0.3) is 11.8 Å². The van der Waals surface area contributed by atoms with Crippen LogP contribution in [-0.4, -0.2) is 73.0 Å². The van der Waals surface area contributed by atoms with E-state index in [0.717, 1.165) is 6.21 Å². The molecule has 36 heavy (non-hydrogen) atoms. The van der Waals surface area contributed by atoms with Crippen molar-refractivity contribution in [2.75, 3.05) is 35.0 Å². The van der Waals surface area contributed by atoms with Gasteiger partial charge in [0.15, 0.2) is 17.2 Å². The van der Waals surface area contributed by atoms with Crippen molar-refractivity contribution in [3.8, 4) is 23.1 Å². The number of nitrogens with one attached hydrogen (secondary N) is 3. The van der Waals surface area contributed by atoms with Gasteiger partial charge in [-0.25, -0.2) is 9.67 Å². The van der Waals surface area contributed by atoms with E-state index in [4.69, 9.17) is 24.4 Å². The number of amides is 2. The molecule has 0 bridgehead atoms. The average Bonchev–Trinajstić information content (AvgIpc) is 3.39. The van der Waals surface area contributed by atoms with E-state index in [2.05, 4.69) is 25.9 Å². The lowest BCUT2D eigenvalue weighted by Crippen LogP contribution is -2.29. The van der Waals surface area contributed by atoms with Crippen molar-refractivity contribution in [3.05, 3.63) is 53.5 Å². The first-order chi connectivity index (χ1) is 17.4. The predicted molar refractivity (Wildman–Crippen MR) is 128 cm³/mol. The molecule has 13 heteroatoms. The summed E-state index contributed by atoms with van der Waals surface area (Å²) >= 11 is 0. The molecule has 1 unspecified atom stereocenters. The Kier molecular flexibility index (Phi) is 8.75. The molecule has 0 spiro atoms. The fraction of sp³-hybridized carbons (Fsp3) is 0.304. The molecule has 0 radical (unpaired) electrons. The van der Waals surface area contributed by atoms with Gasteiger partial charge in [0, 0.05) is 25.0 Å². The van der Waals surface area contributed by atoms with E-state index in [-0.39, 0.29) is 36.0 Å². The maximum absolute atomic E-state index is 12.7. The van der Waals surface area contributed by atoms with Crippen LogP contribution in [0.5, 0.6) is 23.1 Å². The first kappa shape index (κ1) is 25.9. The summed E-state index contributed by atoms with van der Waals surface area (Å²) in [6.45, 7) is 0.472. The van der Waals surface area contributed by atoms with E-state index < -0.39 is 11.9 Å². The Balaban J connectivity index is 1.58. The number of ether oxygens (including phenoxy) is 4. The lowest BCUT2D eigenvalue weighted by atomic mass is 10.1. The number of aromatic nitrogens is 4. The van der Waals surface area contributed by atoms with Crippen LogP contribution in [0.1, 0.15) is 32.5 Å². The minimum atomic E-state index is -0.697. The normalized spacial score (nSPS) is 11.2. The molecule has 0 saturated heterocycles. The van der Waals surface area contributed by atoms with E-state index >= 15 is 0 Å². The standard InChI is InChI=1S/C23H27N7O6/c1-33-18-7-6-15(20(35-3)21(18)36-4)22(31)25-9-10-30-13-17(28-29-30)23(32)27-16(11-24)14-5-8-19(34-2)26-12-14/h5-8,11-13,16,24H,9-10H2,1-4H3,(H,25,31)(H,27,32). The van der Waals surface area contributed by atoms with E-state index in [9.17, 15) is 9.59 Å². The average molecular weight is 498 g/mol. The molecular weight excluding hydrogens is 470 g/mol. The van der Waals surface area contributed by atoms with E-state index in [1.807, 2.05) is 0 Å². The number of nitrogens with zero attached hydrogens (tertiary/aromatic N) is 4. The number of benzene rings is 1. The first-order valence-electron chi connectivity index (χ1n) is 10.7. The van der Waals surface area contributed by atoms with E-state index in [1.165, 1.54) is 45.5 Å². The van der Waals surface area contributed by atoms with Crippen molar-refractivity contribution in [1.29, 1.82) is 5.41 Å². The second kappa shape index (κ2) is 12.1. The summed E-state index contributed by atoms with van der Waals surface area (Å²) in [6.07, 6.45) is 4.05. The van der Waals surface area contributed by atoms with Crippen LogP contribution in [0.25, 0.3) is 0 Å². The highest BCUT2D eigenvalue weighted by Crippen LogP contribution is 2.39. The molecule has 2 aromatic heterocycles. The lowest BCUT2D eigenvalue weighted by molar-refractivity contribution is 0.0935. The highest BCUT2D eigenvalue weighted by molar-refractivity contribution is 5.98. The van der Waals surface area contributed by atoms with Gasteiger partial charge in [0.05, 0.1) is 52.8 Å². The van der Waals surface area contributed by atoms with Crippen LogP contribution in [0.2, 0.25) is 0 Å². The summed E-state index contributed by atoms with van der Waals surface area (Å²) < 4.78 is 22.3. The molecule has 2 heterocycles. The molecule has 3 aromatic rings. The second-order valence-electron chi connectivity index (χ2n) is 7.26. The Bertz CT molecular complexity index is 1210. The van der Waals surface area contributed by atoms with Crippen molar-refractivity contribution < 1.29 is 28.5 Å². The van der Waals surface area contributed by atoms with Crippen LogP contribution >= 0.6 is 0 Å². The van der Waals surface area contributed by atoms with Crippen molar-refractivity contribution >= 4 is 18.0 Å². The van der Waals surface area contributed by atoms with Gasteiger partial charge in [-0.1, -0.05) is 5.21 Å². The predicted octanol–water partition coefficient (Wildman–Crippen LogP) is 1.26. The van der Waals surface area contributed by atoms with Crippen molar-refractivity contribution in [1.82, 2.24) is 30.6 Å². The Hall–Kier alpha value is -4.68. The molecule has 190 valence electrons. The Labute approximate surface area is 207 Å². The van der Waals surface area contributed by atoms with Crippen LogP contribution in [0.3, 0.4) is 0 Å². The van der Waals surface area contributed by atoms with Crippen molar-refractivity contribution in [2.24, 2.45) is 0 Å². The highest BCUT2D eigenvalue weighted by atomic mass is 16.5. The molecule has 3 N–H and O–H groups in total. The fourth-order valence-corrected chi connectivity index (χ4v) is 3.30. The number of hydrogen-bond acceptors (Lipinski definition) is 10. The molecule has 0 saturated carbocycles. The quantitative estimate of drug-likeness (QED) is 0.313. The summed E-state index contributed by atoms with van der Waals surface area (Å²) in [5.74, 6) is 0.536. The van der Waals surface area contributed by atoms with Gasteiger partial charge in [-0.15, -0.1) is 5.10 Å². The maximum atomic E-state index is 12.7. The van der Waals surface area contributed by atoms with Gasteiger partial charge >= 0.3 is 0 Å². The number of pyridine rings is 1. The number of carbonyl (C=O) groups excluding carboxylic acids is 2. The van der Waals surface area contributed by atoms with Crippen LogP contribution in [0.15, 0.2) is 36.7 Å². The molecular formula is C23H27N7O6. The van der Waals surface area contributed by atoms with Gasteiger partial charge in [-0.05, 0) is 23.8 Å². The molecule has 0 aliphatic rings. The minimum Gasteiger partial charge on any atom is -0.493 e. The first-order valence-corrected chi connectivity index (χ1v) is 10.7. The number of methoxy groups -OCH3 is 4. The number of carbonyl (C=O) groups is 2. The molecule has 0 aliphatic heterocycles. The van der Waals surface area contributed by atoms with Crippen molar-refractivity contribution in [3.63, 3.8) is 0 Å². The summed E-state index contributed by atoms with van der Waals surface area (Å²) in [6, 6.07) is 5.83. The van der Waals surface area contributed by atoms with Gasteiger partial charge < -0.3 is 35.0 Å². The molecule has 1 aromatic carbocycles. The van der Waals surface area contributed by atoms with Crippen LogP contribution < -0.4 is 29.6 Å². The smallest absolute Gasteiger partial charge is 0.274 e. The number of rotatable bonds is 12. The van der Waals surface area contributed by atoms with E-state index in [1.54, 1.807) is 24.3 Å². The van der Waals surface area contributed by atoms with Gasteiger partial charge in [0.1, 0.15) is 0 Å². The van der Waals surface area contributed by atoms with Gasteiger partial charge in [-0.3, -0.25) is 9.59 Å². The monoisotopic (exact) mass is 497 g/mol. The van der Waals surface area contributed by atoms with Gasteiger partial charge in [0.2, 0.25) is 11.6 Å². The zero-order valence-corrected chi connectivity index (χ0v) is 20.3. The molecule has 1 atom stereocenters. The summed E-state index contributed by atoms with van der Waals surface area (Å²) in [4.78, 5) is 29.4. The molecule has 0 aliphatic carbocycles. The second-order valence-corrected chi connectivity index (χ2v) is 7.26. The summed E-state index contributed by atoms with van der Waals surface area (Å²) in [7, 11) is 5.88. The lowest BCUT2D eigenvalue weighted by Gasteiger charge is -2.15.